The summed E-state index contributed by atoms with van der Waals surface area (Å²) in [5, 5.41) is 11.8. The summed E-state index contributed by atoms with van der Waals surface area (Å²) in [4.78, 5) is 29.0. The van der Waals surface area contributed by atoms with Crippen LogP contribution in [0.2, 0.25) is 0 Å². The molecule has 0 saturated carbocycles. The number of nitriles is 1. The predicted octanol–water partition coefficient (Wildman–Crippen LogP) is 4.41. The molecule has 0 radical (unpaired) electrons. The lowest BCUT2D eigenvalue weighted by atomic mass is 10.1. The Bertz CT molecular complexity index is 1160. The maximum atomic E-state index is 13.1. The smallest absolute Gasteiger partial charge is 0.324 e. The highest BCUT2D eigenvalue weighted by Gasteiger charge is 2.27. The van der Waals surface area contributed by atoms with Crippen LogP contribution in [0.1, 0.15) is 17.5 Å². The number of nitrogens with zero attached hydrogens (tertiary/aromatic N) is 3. The van der Waals surface area contributed by atoms with Gasteiger partial charge < -0.3 is 15.0 Å². The number of carbonyl (C=O) groups is 2. The van der Waals surface area contributed by atoms with Gasteiger partial charge in [-0.25, -0.2) is 4.79 Å². The average Bonchev–Trinajstić information content (AvgIpc) is 2.85. The van der Waals surface area contributed by atoms with Crippen molar-refractivity contribution < 1.29 is 14.3 Å². The van der Waals surface area contributed by atoms with Gasteiger partial charge in [0.25, 0.3) is 5.91 Å². The van der Waals surface area contributed by atoms with Gasteiger partial charge in [-0.15, -0.1) is 0 Å². The molecule has 33 heavy (non-hydrogen) atoms. The van der Waals surface area contributed by atoms with Crippen molar-refractivity contribution in [2.24, 2.45) is 0 Å². The first kappa shape index (κ1) is 21.9. The van der Waals surface area contributed by atoms with Gasteiger partial charge in [0.2, 0.25) is 0 Å². The predicted molar refractivity (Wildman–Crippen MR) is 126 cm³/mol. The van der Waals surface area contributed by atoms with Gasteiger partial charge in [0.1, 0.15) is 5.75 Å². The normalized spacial score (nSPS) is 13.4. The highest BCUT2D eigenvalue weighted by atomic mass is 16.5. The Balaban J connectivity index is 1.38. The van der Waals surface area contributed by atoms with E-state index in [0.717, 1.165) is 17.7 Å². The molecule has 4 rings (SSSR count). The van der Waals surface area contributed by atoms with Gasteiger partial charge in [-0.2, -0.15) is 5.26 Å². The zero-order valence-corrected chi connectivity index (χ0v) is 18.1. The molecule has 0 atom stereocenters. The van der Waals surface area contributed by atoms with E-state index < -0.39 is 0 Å². The lowest BCUT2D eigenvalue weighted by Crippen LogP contribution is -2.49. The summed E-state index contributed by atoms with van der Waals surface area (Å²) in [7, 11) is 0. The van der Waals surface area contributed by atoms with E-state index >= 15 is 0 Å². The number of amides is 3. The first-order valence-corrected chi connectivity index (χ1v) is 10.8. The fourth-order valence-electron chi connectivity index (χ4n) is 3.69. The van der Waals surface area contributed by atoms with Crippen LogP contribution in [0.15, 0.2) is 78.9 Å². The topological polar surface area (TPSA) is 85.7 Å². The Kier molecular flexibility index (Phi) is 6.86. The molecule has 1 aliphatic heterocycles. The van der Waals surface area contributed by atoms with E-state index in [-0.39, 0.29) is 18.5 Å². The molecule has 7 nitrogen and oxygen atoms in total. The van der Waals surface area contributed by atoms with Crippen LogP contribution in [-0.2, 0) is 11.3 Å². The number of anilines is 2. The van der Waals surface area contributed by atoms with Crippen molar-refractivity contribution in [3.05, 3.63) is 90.0 Å². The van der Waals surface area contributed by atoms with Crippen LogP contribution in [-0.4, -0.2) is 36.5 Å². The average molecular weight is 441 g/mol. The molecule has 3 aromatic carbocycles. The van der Waals surface area contributed by atoms with Gasteiger partial charge in [-0.3, -0.25) is 9.69 Å². The molecule has 1 heterocycles. The van der Waals surface area contributed by atoms with Crippen LogP contribution < -0.4 is 15.0 Å². The lowest BCUT2D eigenvalue weighted by Gasteiger charge is -2.36. The van der Waals surface area contributed by atoms with Gasteiger partial charge in [0.15, 0.2) is 6.61 Å². The number of hydrogen-bond acceptors (Lipinski definition) is 4. The summed E-state index contributed by atoms with van der Waals surface area (Å²) >= 11 is 0. The Morgan fingerprint density at radius 2 is 1.79 bits per heavy atom. The molecule has 0 aliphatic carbocycles. The highest BCUT2D eigenvalue weighted by Crippen LogP contribution is 2.24. The van der Waals surface area contributed by atoms with Crippen molar-refractivity contribution in [2.45, 2.75) is 13.0 Å². The van der Waals surface area contributed by atoms with Crippen molar-refractivity contribution >= 4 is 23.3 Å². The first-order valence-electron chi connectivity index (χ1n) is 10.8. The molecule has 3 aromatic rings. The summed E-state index contributed by atoms with van der Waals surface area (Å²) in [6, 6.07) is 25.7. The Hall–Kier alpha value is -4.31. The molecule has 7 heteroatoms. The largest absolute Gasteiger partial charge is 0.484 e. The van der Waals surface area contributed by atoms with E-state index in [1.807, 2.05) is 42.5 Å². The quantitative estimate of drug-likeness (QED) is 0.590. The number of para-hydroxylation sites is 1. The second kappa shape index (κ2) is 10.3. The van der Waals surface area contributed by atoms with Crippen molar-refractivity contribution in [1.29, 1.82) is 5.26 Å². The fourth-order valence-corrected chi connectivity index (χ4v) is 3.69. The third-order valence-corrected chi connectivity index (χ3v) is 5.32. The van der Waals surface area contributed by atoms with E-state index in [4.69, 9.17) is 10.00 Å². The number of ether oxygens (including phenoxy) is 1. The van der Waals surface area contributed by atoms with Gasteiger partial charge in [0, 0.05) is 31.0 Å². The summed E-state index contributed by atoms with van der Waals surface area (Å²) in [5.41, 5.74) is 2.90. The zero-order valence-electron chi connectivity index (χ0n) is 18.1. The molecule has 0 spiro atoms. The molecule has 1 aliphatic rings. The molecule has 0 bridgehead atoms. The monoisotopic (exact) mass is 440 g/mol. The van der Waals surface area contributed by atoms with E-state index in [1.54, 1.807) is 46.2 Å². The molecule has 1 N–H and O–H groups in total. The second-order valence-electron chi connectivity index (χ2n) is 7.72. The van der Waals surface area contributed by atoms with Crippen LogP contribution in [0.3, 0.4) is 0 Å². The van der Waals surface area contributed by atoms with Gasteiger partial charge >= 0.3 is 6.03 Å². The molecular weight excluding hydrogens is 416 g/mol. The molecule has 3 amide bonds. The molecule has 166 valence electrons. The van der Waals surface area contributed by atoms with Crippen LogP contribution in [0.25, 0.3) is 0 Å². The minimum atomic E-state index is -0.275. The Morgan fingerprint density at radius 3 is 2.55 bits per heavy atom. The van der Waals surface area contributed by atoms with Gasteiger partial charge in [0.05, 0.1) is 11.6 Å². The Morgan fingerprint density at radius 1 is 1.00 bits per heavy atom. The SMILES string of the molecule is N#Cc1ccc(CN2CCCN(c3cccc(NC(=O)COc4ccccc4)c3)C2=O)cc1. The van der Waals surface area contributed by atoms with E-state index in [2.05, 4.69) is 11.4 Å². The summed E-state index contributed by atoms with van der Waals surface area (Å²) in [6.07, 6.45) is 0.837. The standard InChI is InChI=1S/C26H24N4O3/c27-17-20-10-12-21(13-11-20)18-29-14-5-15-30(26(29)32)23-7-4-6-22(16-23)28-25(31)19-33-24-8-2-1-3-9-24/h1-4,6-13,16H,5,14-15,18-19H2,(H,28,31). The minimum Gasteiger partial charge on any atom is -0.484 e. The summed E-state index contributed by atoms with van der Waals surface area (Å²) in [6.45, 7) is 1.66. The van der Waals surface area contributed by atoms with Crippen molar-refractivity contribution in [2.75, 3.05) is 29.9 Å². The molecule has 0 unspecified atom stereocenters. The van der Waals surface area contributed by atoms with Gasteiger partial charge in [-0.1, -0.05) is 36.4 Å². The first-order chi connectivity index (χ1) is 16.1. The van der Waals surface area contributed by atoms with Crippen LogP contribution in [0, 0.1) is 11.3 Å². The van der Waals surface area contributed by atoms with Crippen molar-refractivity contribution in [1.82, 2.24) is 4.90 Å². The number of nitrogens with one attached hydrogen (secondary N) is 1. The summed E-state index contributed by atoms with van der Waals surface area (Å²) < 4.78 is 5.49. The third-order valence-electron chi connectivity index (χ3n) is 5.32. The van der Waals surface area contributed by atoms with Crippen molar-refractivity contribution in [3.8, 4) is 11.8 Å². The van der Waals surface area contributed by atoms with Crippen LogP contribution in [0.4, 0.5) is 16.2 Å². The summed E-state index contributed by atoms with van der Waals surface area (Å²) in [5.74, 6) is 0.353. The number of urea groups is 1. The number of carbonyl (C=O) groups excluding carboxylic acids is 2. The minimum absolute atomic E-state index is 0.0819. The van der Waals surface area contributed by atoms with E-state index in [0.29, 0.717) is 36.6 Å². The molecule has 0 aromatic heterocycles. The maximum Gasteiger partial charge on any atom is 0.324 e. The van der Waals surface area contributed by atoms with Crippen molar-refractivity contribution in [3.63, 3.8) is 0 Å². The van der Waals surface area contributed by atoms with E-state index in [1.165, 1.54) is 0 Å². The number of rotatable bonds is 7. The van der Waals surface area contributed by atoms with Crippen LogP contribution in [0.5, 0.6) is 5.75 Å². The van der Waals surface area contributed by atoms with Gasteiger partial charge in [-0.05, 0) is 54.4 Å². The van der Waals surface area contributed by atoms with Crippen LogP contribution >= 0.6 is 0 Å². The molecular formula is C26H24N4O3. The number of hydrogen-bond donors (Lipinski definition) is 1. The third kappa shape index (κ3) is 5.69. The Labute approximate surface area is 192 Å². The highest BCUT2D eigenvalue weighted by molar-refractivity contribution is 5.95. The molecule has 1 fully saturated rings. The zero-order chi connectivity index (χ0) is 23.0. The number of benzene rings is 3. The maximum absolute atomic E-state index is 13.1. The second-order valence-corrected chi connectivity index (χ2v) is 7.72. The fraction of sp³-hybridized carbons (Fsp3) is 0.192. The molecule has 1 saturated heterocycles. The lowest BCUT2D eigenvalue weighted by molar-refractivity contribution is -0.118. The van der Waals surface area contributed by atoms with E-state index in [9.17, 15) is 9.59 Å².